The Balaban J connectivity index is 1.71. The zero-order valence-electron chi connectivity index (χ0n) is 11.1. The van der Waals surface area contributed by atoms with Crippen molar-refractivity contribution in [1.82, 2.24) is 15.4 Å². The highest BCUT2D eigenvalue weighted by Gasteiger charge is 1.98. The Labute approximate surface area is 127 Å². The van der Waals surface area contributed by atoms with Crippen molar-refractivity contribution in [2.45, 2.75) is 0 Å². The van der Waals surface area contributed by atoms with Crippen LogP contribution in [0.4, 0.5) is 0 Å². The molecular weight excluding hydrogens is 280 g/mol. The van der Waals surface area contributed by atoms with E-state index in [4.69, 9.17) is 12.2 Å². The zero-order chi connectivity index (χ0) is 14.5. The predicted molar refractivity (Wildman–Crippen MR) is 88.4 cm³/mol. The summed E-state index contributed by atoms with van der Waals surface area (Å²) in [6.45, 7) is 0. The maximum Gasteiger partial charge on any atom is 0.126 e. The van der Waals surface area contributed by atoms with Gasteiger partial charge in [-0.1, -0.05) is 36.5 Å². The first-order chi connectivity index (χ1) is 10.3. The zero-order valence-corrected chi connectivity index (χ0v) is 11.9. The highest BCUT2D eigenvalue weighted by molar-refractivity contribution is 7.80. The minimum absolute atomic E-state index is 0.550. The SMILES string of the molecule is S=C(N/N=C/c1ccc2ccccc2n1)c1ccncc1. The van der Waals surface area contributed by atoms with Crippen molar-refractivity contribution >= 4 is 34.3 Å². The number of rotatable bonds is 3. The molecule has 21 heavy (non-hydrogen) atoms. The molecule has 102 valence electrons. The average Bonchev–Trinajstić information content (AvgIpc) is 2.55. The second kappa shape index (κ2) is 6.19. The molecule has 1 aromatic carbocycles. The van der Waals surface area contributed by atoms with Crippen LogP contribution in [0.1, 0.15) is 11.3 Å². The number of hydrogen-bond donors (Lipinski definition) is 1. The molecule has 2 heterocycles. The summed E-state index contributed by atoms with van der Waals surface area (Å²) in [5, 5.41) is 5.23. The summed E-state index contributed by atoms with van der Waals surface area (Å²) in [7, 11) is 0. The van der Waals surface area contributed by atoms with E-state index >= 15 is 0 Å². The van der Waals surface area contributed by atoms with Gasteiger partial charge in [0.25, 0.3) is 0 Å². The van der Waals surface area contributed by atoms with Crippen LogP contribution in [0.3, 0.4) is 0 Å². The minimum atomic E-state index is 0.550. The van der Waals surface area contributed by atoms with E-state index in [9.17, 15) is 0 Å². The number of hydrazone groups is 1. The molecule has 3 aromatic rings. The van der Waals surface area contributed by atoms with Crippen molar-refractivity contribution in [3.05, 3.63) is 72.2 Å². The van der Waals surface area contributed by atoms with Crippen LogP contribution in [0.15, 0.2) is 66.0 Å². The molecule has 0 amide bonds. The fourth-order valence-corrected chi connectivity index (χ4v) is 2.07. The summed E-state index contributed by atoms with van der Waals surface area (Å²) in [6.07, 6.45) is 5.04. The van der Waals surface area contributed by atoms with Crippen molar-refractivity contribution in [3.8, 4) is 0 Å². The van der Waals surface area contributed by atoms with Gasteiger partial charge in [-0.15, -0.1) is 0 Å². The van der Waals surface area contributed by atoms with Crippen LogP contribution in [0, 0.1) is 0 Å². The summed E-state index contributed by atoms with van der Waals surface area (Å²) in [5.41, 5.74) is 5.43. The lowest BCUT2D eigenvalue weighted by Crippen LogP contribution is -2.16. The average molecular weight is 292 g/mol. The van der Waals surface area contributed by atoms with Gasteiger partial charge in [0.05, 0.1) is 17.4 Å². The second-order valence-electron chi connectivity index (χ2n) is 4.36. The van der Waals surface area contributed by atoms with E-state index in [1.54, 1.807) is 18.6 Å². The topological polar surface area (TPSA) is 50.2 Å². The summed E-state index contributed by atoms with van der Waals surface area (Å²) in [5.74, 6) is 0. The van der Waals surface area contributed by atoms with Crippen LogP contribution < -0.4 is 5.43 Å². The number of hydrogen-bond acceptors (Lipinski definition) is 4. The van der Waals surface area contributed by atoms with Gasteiger partial charge in [-0.05, 0) is 24.3 Å². The van der Waals surface area contributed by atoms with Gasteiger partial charge < -0.3 is 0 Å². The molecule has 0 radical (unpaired) electrons. The third kappa shape index (κ3) is 3.27. The third-order valence-electron chi connectivity index (χ3n) is 2.93. The third-order valence-corrected chi connectivity index (χ3v) is 3.25. The van der Waals surface area contributed by atoms with E-state index in [1.165, 1.54) is 0 Å². The molecule has 4 nitrogen and oxygen atoms in total. The number of pyridine rings is 2. The number of aromatic nitrogens is 2. The van der Waals surface area contributed by atoms with E-state index < -0.39 is 0 Å². The molecule has 0 bridgehead atoms. The largest absolute Gasteiger partial charge is 0.267 e. The van der Waals surface area contributed by atoms with Gasteiger partial charge in [0.2, 0.25) is 0 Å². The molecule has 0 spiro atoms. The molecule has 1 N–H and O–H groups in total. The van der Waals surface area contributed by atoms with Gasteiger partial charge in [0, 0.05) is 23.3 Å². The fraction of sp³-hybridized carbons (Fsp3) is 0. The highest BCUT2D eigenvalue weighted by atomic mass is 32.1. The molecule has 3 rings (SSSR count). The van der Waals surface area contributed by atoms with Gasteiger partial charge in [0.1, 0.15) is 4.99 Å². The Bertz CT molecular complexity index is 799. The van der Waals surface area contributed by atoms with Gasteiger partial charge in [-0.25, -0.2) is 4.98 Å². The summed E-state index contributed by atoms with van der Waals surface area (Å²) < 4.78 is 0. The smallest absolute Gasteiger partial charge is 0.126 e. The van der Waals surface area contributed by atoms with Crippen LogP contribution in [-0.4, -0.2) is 21.2 Å². The van der Waals surface area contributed by atoms with Crippen molar-refractivity contribution in [3.63, 3.8) is 0 Å². The van der Waals surface area contributed by atoms with E-state index in [2.05, 4.69) is 20.5 Å². The number of nitrogens with one attached hydrogen (secondary N) is 1. The number of benzene rings is 1. The number of thiocarbonyl (C=S) groups is 1. The standard InChI is InChI=1S/C16H12N4S/c21-16(13-7-9-17-10-8-13)20-18-11-14-6-5-12-3-1-2-4-15(12)19-14/h1-11H,(H,20,21)/b18-11+. The minimum Gasteiger partial charge on any atom is -0.267 e. The first kappa shape index (κ1) is 13.3. The lowest BCUT2D eigenvalue weighted by atomic mass is 10.2. The van der Waals surface area contributed by atoms with Crippen molar-refractivity contribution in [2.24, 2.45) is 5.10 Å². The summed E-state index contributed by atoms with van der Waals surface area (Å²) in [6, 6.07) is 15.6. The lowest BCUT2D eigenvalue weighted by Gasteiger charge is -2.02. The molecular formula is C16H12N4S. The Morgan fingerprint density at radius 1 is 1.05 bits per heavy atom. The van der Waals surface area contributed by atoms with Gasteiger partial charge in [-0.2, -0.15) is 5.10 Å². The highest BCUT2D eigenvalue weighted by Crippen LogP contribution is 2.10. The van der Waals surface area contributed by atoms with Crippen molar-refractivity contribution in [2.75, 3.05) is 0 Å². The molecule has 0 saturated carbocycles. The fourth-order valence-electron chi connectivity index (χ4n) is 1.88. The molecule has 0 saturated heterocycles. The lowest BCUT2D eigenvalue weighted by molar-refractivity contribution is 1.05. The van der Waals surface area contributed by atoms with E-state index in [0.29, 0.717) is 4.99 Å². The Hall–Kier alpha value is -2.66. The van der Waals surface area contributed by atoms with E-state index in [-0.39, 0.29) is 0 Å². The molecule has 5 heteroatoms. The Morgan fingerprint density at radius 2 is 1.86 bits per heavy atom. The van der Waals surface area contributed by atoms with Crippen LogP contribution in [0.2, 0.25) is 0 Å². The molecule has 0 aliphatic rings. The molecule has 2 aromatic heterocycles. The van der Waals surface area contributed by atoms with Crippen LogP contribution in [-0.2, 0) is 0 Å². The van der Waals surface area contributed by atoms with Crippen LogP contribution >= 0.6 is 12.2 Å². The van der Waals surface area contributed by atoms with Crippen LogP contribution in [0.5, 0.6) is 0 Å². The van der Waals surface area contributed by atoms with E-state index in [0.717, 1.165) is 22.2 Å². The Morgan fingerprint density at radius 3 is 2.71 bits per heavy atom. The molecule has 0 aliphatic heterocycles. The van der Waals surface area contributed by atoms with Crippen molar-refractivity contribution < 1.29 is 0 Å². The maximum absolute atomic E-state index is 5.24. The quantitative estimate of drug-likeness (QED) is 0.458. The first-order valence-corrected chi connectivity index (χ1v) is 6.83. The van der Waals surface area contributed by atoms with Crippen LogP contribution in [0.25, 0.3) is 10.9 Å². The molecule has 0 aliphatic carbocycles. The first-order valence-electron chi connectivity index (χ1n) is 6.42. The Kier molecular flexibility index (Phi) is 3.93. The molecule has 0 fully saturated rings. The maximum atomic E-state index is 5.24. The second-order valence-corrected chi connectivity index (χ2v) is 4.77. The monoisotopic (exact) mass is 292 g/mol. The summed E-state index contributed by atoms with van der Waals surface area (Å²) in [4.78, 5) is 9.00. The van der Waals surface area contributed by atoms with Gasteiger partial charge in [0.15, 0.2) is 0 Å². The number of fused-ring (bicyclic) bond motifs is 1. The number of nitrogens with zero attached hydrogens (tertiary/aromatic N) is 3. The molecule has 0 unspecified atom stereocenters. The van der Waals surface area contributed by atoms with Crippen molar-refractivity contribution in [1.29, 1.82) is 0 Å². The van der Waals surface area contributed by atoms with Gasteiger partial charge in [-0.3, -0.25) is 10.4 Å². The van der Waals surface area contributed by atoms with Gasteiger partial charge >= 0.3 is 0 Å². The van der Waals surface area contributed by atoms with E-state index in [1.807, 2.05) is 48.5 Å². The predicted octanol–water partition coefficient (Wildman–Crippen LogP) is 2.93. The number of para-hydroxylation sites is 1. The molecule has 0 atom stereocenters. The summed E-state index contributed by atoms with van der Waals surface area (Å²) >= 11 is 5.24. The normalized spacial score (nSPS) is 10.9.